The summed E-state index contributed by atoms with van der Waals surface area (Å²) in [4.78, 5) is 0. The summed E-state index contributed by atoms with van der Waals surface area (Å²) in [5.74, 6) is 2.47. The maximum atomic E-state index is 2.33. The van der Waals surface area contributed by atoms with E-state index in [0.717, 1.165) is 5.92 Å². The van der Waals surface area contributed by atoms with Gasteiger partial charge in [0.05, 0.1) is 0 Å². The maximum Gasteiger partial charge on any atom is -0.0246 e. The quantitative estimate of drug-likeness (QED) is 0.221. The van der Waals surface area contributed by atoms with Gasteiger partial charge < -0.3 is 0 Å². The normalized spacial score (nSPS) is 11.7. The minimum absolute atomic E-state index is 0.784. The van der Waals surface area contributed by atoms with Crippen LogP contribution in [0, 0.1) is 11.8 Å². The molecule has 0 aliphatic rings. The summed E-state index contributed by atoms with van der Waals surface area (Å²) < 4.78 is 0. The van der Waals surface area contributed by atoms with E-state index >= 15 is 0 Å². The van der Waals surface area contributed by atoms with Gasteiger partial charge >= 0.3 is 0 Å². The molecule has 23 heavy (non-hydrogen) atoms. The number of unbranched alkanes of at least 4 members (excludes halogenated alkanes) is 15. The van der Waals surface area contributed by atoms with Gasteiger partial charge in [0.1, 0.15) is 0 Å². The first kappa shape index (κ1) is 23.0. The van der Waals surface area contributed by atoms with Crippen LogP contribution in [-0.4, -0.2) is 0 Å². The topological polar surface area (TPSA) is 0 Å². The second-order valence-corrected chi connectivity index (χ2v) is 8.05. The van der Waals surface area contributed by atoms with Crippen molar-refractivity contribution in [3.8, 4) is 0 Å². The molecule has 139 valence electrons. The van der Waals surface area contributed by atoms with E-state index in [4.69, 9.17) is 0 Å². The Bertz CT molecular complexity index is 206. The second kappa shape index (κ2) is 18.3. The summed E-state index contributed by atoms with van der Waals surface area (Å²) in [7, 11) is 0. The van der Waals surface area contributed by atoms with Gasteiger partial charge in [-0.1, -0.05) is 130 Å². The van der Waals surface area contributed by atoms with Crippen molar-refractivity contribution in [2.45, 2.75) is 137 Å². The third-order valence-corrected chi connectivity index (χ3v) is 5.41. The van der Waals surface area contributed by atoms with Crippen LogP contribution in [0.5, 0.6) is 0 Å². The molecule has 0 heterocycles. The standard InChI is InChI=1S/C23H47/c1-5-6-7-8-9-10-11-12-13-14-15-16-17-18-19-20-21-23(4)22(2)3/h22H,5-21H2,1-4H3. The highest BCUT2D eigenvalue weighted by atomic mass is 14.1. The maximum absolute atomic E-state index is 2.33. The van der Waals surface area contributed by atoms with Gasteiger partial charge in [-0.05, 0) is 18.3 Å². The molecule has 0 N–H and O–H groups in total. The van der Waals surface area contributed by atoms with Crippen molar-refractivity contribution in [3.63, 3.8) is 0 Å². The Morgan fingerprint density at radius 1 is 0.522 bits per heavy atom. The second-order valence-electron chi connectivity index (χ2n) is 8.05. The van der Waals surface area contributed by atoms with Gasteiger partial charge in [-0.3, -0.25) is 0 Å². The Labute approximate surface area is 149 Å². The van der Waals surface area contributed by atoms with Gasteiger partial charge in [-0.2, -0.15) is 0 Å². The fourth-order valence-corrected chi connectivity index (χ4v) is 3.24. The van der Waals surface area contributed by atoms with E-state index in [1.54, 1.807) is 5.92 Å². The zero-order chi connectivity index (χ0) is 17.2. The molecule has 1 radical (unpaired) electrons. The molecule has 0 spiro atoms. The Kier molecular flexibility index (Phi) is 18.3. The Morgan fingerprint density at radius 2 is 0.826 bits per heavy atom. The molecule has 0 aliphatic carbocycles. The average molecular weight is 324 g/mol. The van der Waals surface area contributed by atoms with Gasteiger partial charge in [0.25, 0.3) is 0 Å². The monoisotopic (exact) mass is 323 g/mol. The predicted molar refractivity (Wildman–Crippen MR) is 108 cm³/mol. The van der Waals surface area contributed by atoms with E-state index in [1.807, 2.05) is 0 Å². The van der Waals surface area contributed by atoms with Crippen LogP contribution in [0.2, 0.25) is 0 Å². The molecule has 0 aromatic carbocycles. The molecule has 0 atom stereocenters. The van der Waals surface area contributed by atoms with E-state index in [9.17, 15) is 0 Å². The van der Waals surface area contributed by atoms with Gasteiger partial charge in [0.2, 0.25) is 0 Å². The van der Waals surface area contributed by atoms with E-state index in [1.165, 1.54) is 109 Å². The van der Waals surface area contributed by atoms with Crippen LogP contribution in [0.4, 0.5) is 0 Å². The smallest absolute Gasteiger partial charge is 0.0246 e. The first-order valence-corrected chi connectivity index (χ1v) is 11.0. The van der Waals surface area contributed by atoms with Crippen molar-refractivity contribution in [2.75, 3.05) is 0 Å². The summed E-state index contributed by atoms with van der Waals surface area (Å²) >= 11 is 0. The molecule has 0 nitrogen and oxygen atoms in total. The first-order chi connectivity index (χ1) is 11.2. The largest absolute Gasteiger partial charge is 0.0654 e. The van der Waals surface area contributed by atoms with Gasteiger partial charge in [0.15, 0.2) is 0 Å². The Balaban J connectivity index is 3.03. The van der Waals surface area contributed by atoms with Crippen molar-refractivity contribution in [1.82, 2.24) is 0 Å². The molecule has 0 rings (SSSR count). The zero-order valence-corrected chi connectivity index (χ0v) is 17.1. The summed E-state index contributed by atoms with van der Waals surface area (Å²) in [6, 6.07) is 0. The highest BCUT2D eigenvalue weighted by Gasteiger charge is 2.06. The molecule has 0 amide bonds. The summed E-state index contributed by atoms with van der Waals surface area (Å²) in [5.41, 5.74) is 0. The molecule has 0 saturated carbocycles. The molecular weight excluding hydrogens is 276 g/mol. The highest BCUT2D eigenvalue weighted by Crippen LogP contribution is 2.20. The molecular formula is C23H47. The highest BCUT2D eigenvalue weighted by molar-refractivity contribution is 4.86. The first-order valence-electron chi connectivity index (χ1n) is 11.0. The van der Waals surface area contributed by atoms with Gasteiger partial charge in [-0.15, -0.1) is 0 Å². The minimum atomic E-state index is 0.784. The van der Waals surface area contributed by atoms with Crippen molar-refractivity contribution in [3.05, 3.63) is 5.92 Å². The average Bonchev–Trinajstić information content (AvgIpc) is 2.54. The van der Waals surface area contributed by atoms with Crippen LogP contribution in [0.3, 0.4) is 0 Å². The van der Waals surface area contributed by atoms with Crippen molar-refractivity contribution < 1.29 is 0 Å². The molecule has 0 aromatic rings. The Hall–Kier alpha value is 0. The van der Waals surface area contributed by atoms with Gasteiger partial charge in [0, 0.05) is 0 Å². The fourth-order valence-electron chi connectivity index (χ4n) is 3.24. The lowest BCUT2D eigenvalue weighted by molar-refractivity contribution is 0.519. The molecule has 0 unspecified atom stereocenters. The molecule has 0 fully saturated rings. The molecule has 0 bridgehead atoms. The van der Waals surface area contributed by atoms with Crippen LogP contribution in [-0.2, 0) is 0 Å². The summed E-state index contributed by atoms with van der Waals surface area (Å²) in [6.07, 6.45) is 24.8. The molecule has 0 aromatic heterocycles. The number of hydrogen-bond acceptors (Lipinski definition) is 0. The number of hydrogen-bond donors (Lipinski definition) is 0. The van der Waals surface area contributed by atoms with Crippen LogP contribution in [0.1, 0.15) is 137 Å². The van der Waals surface area contributed by atoms with Crippen LogP contribution < -0.4 is 0 Å². The van der Waals surface area contributed by atoms with Gasteiger partial charge in [-0.25, -0.2) is 0 Å². The summed E-state index contributed by atoms with van der Waals surface area (Å²) in [6.45, 7) is 9.27. The van der Waals surface area contributed by atoms with Crippen LogP contribution in [0.25, 0.3) is 0 Å². The molecule has 0 saturated heterocycles. The zero-order valence-electron chi connectivity index (χ0n) is 17.1. The minimum Gasteiger partial charge on any atom is -0.0654 e. The Morgan fingerprint density at radius 3 is 1.13 bits per heavy atom. The lowest BCUT2D eigenvalue weighted by Crippen LogP contribution is -2.00. The molecule has 0 heteroatoms. The SMILES string of the molecule is CCCCCCCCCCCCCCCCCC[C](C)C(C)C. The lowest BCUT2D eigenvalue weighted by Gasteiger charge is -2.14. The van der Waals surface area contributed by atoms with E-state index in [0.29, 0.717) is 0 Å². The van der Waals surface area contributed by atoms with Crippen LogP contribution in [0.15, 0.2) is 0 Å². The third kappa shape index (κ3) is 18.2. The number of rotatable bonds is 18. The van der Waals surface area contributed by atoms with E-state index in [-0.39, 0.29) is 0 Å². The van der Waals surface area contributed by atoms with Crippen molar-refractivity contribution in [2.24, 2.45) is 5.92 Å². The summed E-state index contributed by atoms with van der Waals surface area (Å²) in [5, 5.41) is 0. The van der Waals surface area contributed by atoms with Crippen molar-refractivity contribution in [1.29, 1.82) is 0 Å². The van der Waals surface area contributed by atoms with E-state index < -0.39 is 0 Å². The van der Waals surface area contributed by atoms with Crippen LogP contribution >= 0.6 is 0 Å². The predicted octanol–water partition coefficient (Wildman–Crippen LogP) is 8.89. The third-order valence-electron chi connectivity index (χ3n) is 5.41. The van der Waals surface area contributed by atoms with E-state index in [2.05, 4.69) is 27.7 Å². The van der Waals surface area contributed by atoms with Crippen molar-refractivity contribution >= 4 is 0 Å². The lowest BCUT2D eigenvalue weighted by atomic mass is 9.92. The molecule has 0 aliphatic heterocycles. The fraction of sp³-hybridized carbons (Fsp3) is 0.957.